The molecule has 0 N–H and O–H groups in total. The Balaban J connectivity index is 1.69. The van der Waals surface area contributed by atoms with Gasteiger partial charge in [-0.25, -0.2) is 0 Å². The van der Waals surface area contributed by atoms with Crippen molar-refractivity contribution in [1.82, 2.24) is 4.57 Å². The van der Waals surface area contributed by atoms with E-state index in [-0.39, 0.29) is 25.1 Å². The number of esters is 1. The SMILES string of the molecule is CCOC(=O)CCn1c(=NC(=O)/C=C/c2ccccc2)sc2cc3c(cc21)OCO3. The zero-order chi connectivity index (χ0) is 20.9. The molecule has 0 unspecified atom stereocenters. The molecule has 0 bridgehead atoms. The summed E-state index contributed by atoms with van der Waals surface area (Å²) < 4.78 is 18.7. The van der Waals surface area contributed by atoms with Crippen molar-refractivity contribution < 1.29 is 23.8 Å². The molecule has 154 valence electrons. The highest BCUT2D eigenvalue weighted by Crippen LogP contribution is 2.37. The minimum atomic E-state index is -0.379. The summed E-state index contributed by atoms with van der Waals surface area (Å²) in [5, 5.41) is 0. The number of benzene rings is 2. The molecule has 4 rings (SSSR count). The lowest BCUT2D eigenvalue weighted by atomic mass is 10.2. The third-order valence-corrected chi connectivity index (χ3v) is 5.49. The number of carbonyl (C=O) groups excluding carboxylic acids is 2. The average molecular weight is 424 g/mol. The van der Waals surface area contributed by atoms with Crippen LogP contribution in [-0.4, -0.2) is 29.8 Å². The highest BCUT2D eigenvalue weighted by atomic mass is 32.1. The van der Waals surface area contributed by atoms with E-state index in [1.807, 2.05) is 47.0 Å². The van der Waals surface area contributed by atoms with Gasteiger partial charge in [-0.15, -0.1) is 0 Å². The molecule has 0 saturated heterocycles. The molecule has 1 aliphatic rings. The van der Waals surface area contributed by atoms with Crippen molar-refractivity contribution in [3.63, 3.8) is 0 Å². The predicted molar refractivity (Wildman–Crippen MR) is 113 cm³/mol. The van der Waals surface area contributed by atoms with Gasteiger partial charge in [-0.1, -0.05) is 41.7 Å². The number of hydrogen-bond acceptors (Lipinski definition) is 6. The van der Waals surface area contributed by atoms with Gasteiger partial charge < -0.3 is 18.8 Å². The Kier molecular flexibility index (Phi) is 5.94. The van der Waals surface area contributed by atoms with Crippen LogP contribution in [-0.2, 0) is 20.9 Å². The molecule has 0 saturated carbocycles. The first kappa shape index (κ1) is 19.9. The number of fused-ring (bicyclic) bond motifs is 2. The third-order valence-electron chi connectivity index (χ3n) is 4.45. The van der Waals surface area contributed by atoms with Crippen LogP contribution in [0.15, 0.2) is 53.5 Å². The summed E-state index contributed by atoms with van der Waals surface area (Å²) in [6.07, 6.45) is 3.33. The number of amides is 1. The lowest BCUT2D eigenvalue weighted by Crippen LogP contribution is -2.19. The molecule has 0 atom stereocenters. The number of nitrogens with zero attached hydrogens (tertiary/aromatic N) is 2. The van der Waals surface area contributed by atoms with Crippen LogP contribution >= 0.6 is 11.3 Å². The Morgan fingerprint density at radius 1 is 1.20 bits per heavy atom. The van der Waals surface area contributed by atoms with Crippen molar-refractivity contribution in [2.75, 3.05) is 13.4 Å². The standard InChI is InChI=1S/C22H20N2O5S/c1-2-27-21(26)10-11-24-16-12-17-18(29-14-28-17)13-19(16)30-22(24)23-20(25)9-8-15-6-4-3-5-7-15/h3-9,12-13H,2,10-11,14H2,1H3/b9-8+,23-22?. The number of carbonyl (C=O) groups is 2. The van der Waals surface area contributed by atoms with Gasteiger partial charge in [0.25, 0.3) is 5.91 Å². The minimum Gasteiger partial charge on any atom is -0.466 e. The quantitative estimate of drug-likeness (QED) is 0.447. The van der Waals surface area contributed by atoms with Crippen LogP contribution in [0.3, 0.4) is 0 Å². The van der Waals surface area contributed by atoms with Gasteiger partial charge in [0.1, 0.15) is 0 Å². The van der Waals surface area contributed by atoms with Crippen LogP contribution in [0.25, 0.3) is 16.3 Å². The second kappa shape index (κ2) is 8.96. The Hall–Kier alpha value is -3.39. The van der Waals surface area contributed by atoms with Crippen LogP contribution in [0.1, 0.15) is 18.9 Å². The smallest absolute Gasteiger partial charge is 0.307 e. The molecule has 1 aromatic heterocycles. The minimum absolute atomic E-state index is 0.176. The molecule has 30 heavy (non-hydrogen) atoms. The van der Waals surface area contributed by atoms with Gasteiger partial charge in [0.2, 0.25) is 6.79 Å². The maximum atomic E-state index is 12.5. The molecule has 2 aromatic carbocycles. The van der Waals surface area contributed by atoms with E-state index in [0.29, 0.717) is 29.5 Å². The van der Waals surface area contributed by atoms with Crippen LogP contribution in [0.4, 0.5) is 0 Å². The normalized spacial score (nSPS) is 13.3. The van der Waals surface area contributed by atoms with E-state index < -0.39 is 0 Å². The van der Waals surface area contributed by atoms with Gasteiger partial charge in [0, 0.05) is 24.8 Å². The molecule has 1 aliphatic heterocycles. The van der Waals surface area contributed by atoms with Crippen LogP contribution in [0.2, 0.25) is 0 Å². The molecule has 0 fully saturated rings. The average Bonchev–Trinajstić information content (AvgIpc) is 3.33. The second-order valence-electron chi connectivity index (χ2n) is 6.46. The van der Waals surface area contributed by atoms with E-state index in [2.05, 4.69) is 4.99 Å². The summed E-state index contributed by atoms with van der Waals surface area (Å²) in [5.74, 6) is 0.608. The number of aromatic nitrogens is 1. The molecule has 7 nitrogen and oxygen atoms in total. The number of rotatable bonds is 6. The summed E-state index contributed by atoms with van der Waals surface area (Å²) in [6, 6.07) is 13.3. The fourth-order valence-electron chi connectivity index (χ4n) is 3.06. The molecule has 0 spiro atoms. The van der Waals surface area contributed by atoms with Crippen molar-refractivity contribution >= 4 is 39.5 Å². The first-order valence-electron chi connectivity index (χ1n) is 9.54. The highest BCUT2D eigenvalue weighted by Gasteiger charge is 2.18. The largest absolute Gasteiger partial charge is 0.466 e. The van der Waals surface area contributed by atoms with E-state index in [9.17, 15) is 9.59 Å². The maximum absolute atomic E-state index is 12.5. The first-order chi connectivity index (χ1) is 14.6. The van der Waals surface area contributed by atoms with E-state index in [1.54, 1.807) is 13.0 Å². The summed E-state index contributed by atoms with van der Waals surface area (Å²) in [7, 11) is 0. The van der Waals surface area contributed by atoms with Crippen molar-refractivity contribution in [2.24, 2.45) is 4.99 Å². The second-order valence-corrected chi connectivity index (χ2v) is 7.47. The van der Waals surface area contributed by atoms with E-state index in [1.165, 1.54) is 17.4 Å². The molecule has 2 heterocycles. The molecule has 0 radical (unpaired) electrons. The van der Waals surface area contributed by atoms with Gasteiger partial charge in [-0.2, -0.15) is 4.99 Å². The molecule has 0 aliphatic carbocycles. The zero-order valence-corrected chi connectivity index (χ0v) is 17.2. The third kappa shape index (κ3) is 4.44. The monoisotopic (exact) mass is 424 g/mol. The van der Waals surface area contributed by atoms with Crippen molar-refractivity contribution in [3.05, 3.63) is 58.9 Å². The molecule has 1 amide bonds. The number of thiazole rings is 1. The summed E-state index contributed by atoms with van der Waals surface area (Å²) in [6.45, 7) is 2.61. The van der Waals surface area contributed by atoms with Gasteiger partial charge in [0.05, 0.1) is 23.2 Å². The van der Waals surface area contributed by atoms with Gasteiger partial charge in [0.15, 0.2) is 16.3 Å². The summed E-state index contributed by atoms with van der Waals surface area (Å²) in [5.41, 5.74) is 1.74. The Labute approximate surface area is 176 Å². The summed E-state index contributed by atoms with van der Waals surface area (Å²) in [4.78, 5) is 29.1. The van der Waals surface area contributed by atoms with E-state index in [4.69, 9.17) is 14.2 Å². The fourth-order valence-corrected chi connectivity index (χ4v) is 4.13. The van der Waals surface area contributed by atoms with Gasteiger partial charge >= 0.3 is 5.97 Å². The molecular formula is C22H20N2O5S. The Morgan fingerprint density at radius 3 is 2.73 bits per heavy atom. The topological polar surface area (TPSA) is 79.1 Å². The van der Waals surface area contributed by atoms with Gasteiger partial charge in [-0.05, 0) is 18.6 Å². The predicted octanol–water partition coefficient (Wildman–Crippen LogP) is 3.53. The first-order valence-corrected chi connectivity index (χ1v) is 10.4. The Morgan fingerprint density at radius 2 is 1.97 bits per heavy atom. The van der Waals surface area contributed by atoms with Crippen molar-refractivity contribution in [2.45, 2.75) is 19.9 Å². The lowest BCUT2D eigenvalue weighted by Gasteiger charge is -2.06. The lowest BCUT2D eigenvalue weighted by molar-refractivity contribution is -0.143. The van der Waals surface area contributed by atoms with E-state index in [0.717, 1.165) is 15.8 Å². The number of hydrogen-bond donors (Lipinski definition) is 0. The number of ether oxygens (including phenoxy) is 3. The molecule has 8 heteroatoms. The molecular weight excluding hydrogens is 404 g/mol. The zero-order valence-electron chi connectivity index (χ0n) is 16.4. The fraction of sp³-hybridized carbons (Fsp3) is 0.227. The van der Waals surface area contributed by atoms with Crippen molar-refractivity contribution in [3.8, 4) is 11.5 Å². The van der Waals surface area contributed by atoms with E-state index >= 15 is 0 Å². The Bertz CT molecular complexity index is 1180. The van der Waals surface area contributed by atoms with Crippen LogP contribution in [0, 0.1) is 0 Å². The summed E-state index contributed by atoms with van der Waals surface area (Å²) >= 11 is 1.36. The van der Waals surface area contributed by atoms with Gasteiger partial charge in [-0.3, -0.25) is 9.59 Å². The highest BCUT2D eigenvalue weighted by molar-refractivity contribution is 7.16. The van der Waals surface area contributed by atoms with Crippen molar-refractivity contribution in [1.29, 1.82) is 0 Å². The van der Waals surface area contributed by atoms with Crippen LogP contribution < -0.4 is 14.3 Å². The maximum Gasteiger partial charge on any atom is 0.307 e. The molecule has 3 aromatic rings. The van der Waals surface area contributed by atoms with Crippen LogP contribution in [0.5, 0.6) is 11.5 Å². The number of aryl methyl sites for hydroxylation is 1.